The van der Waals surface area contributed by atoms with Crippen molar-refractivity contribution >= 4 is 0 Å². The van der Waals surface area contributed by atoms with Crippen LogP contribution in [0.25, 0.3) is 22.4 Å². The van der Waals surface area contributed by atoms with E-state index in [9.17, 15) is 0 Å². The molecule has 4 rings (SSSR count). The lowest BCUT2D eigenvalue weighted by atomic mass is 9.84. The van der Waals surface area contributed by atoms with Crippen molar-refractivity contribution in [3.8, 4) is 22.4 Å². The van der Waals surface area contributed by atoms with Crippen LogP contribution in [0.5, 0.6) is 0 Å². The van der Waals surface area contributed by atoms with Gasteiger partial charge in [0.25, 0.3) is 0 Å². The van der Waals surface area contributed by atoms with Gasteiger partial charge >= 0.3 is 0 Å². The standard InChI is InChI=1S/C26H30N/c1-19-16-20(2)25(17-24(19)22-12-8-5-9-13-22)26-15-14-23(18-27(26)3)21-10-6-4-7-11-21/h5,8-9,12-18,21H,4,6-7,10-11H2,1-3H3/q+1/i1D3,21D. The molecule has 0 unspecified atom stereocenters. The molecule has 1 aliphatic rings. The highest BCUT2D eigenvalue weighted by Crippen LogP contribution is 2.34. The van der Waals surface area contributed by atoms with Crippen molar-refractivity contribution in [2.75, 3.05) is 0 Å². The van der Waals surface area contributed by atoms with E-state index in [2.05, 4.69) is 22.9 Å². The van der Waals surface area contributed by atoms with Crippen LogP contribution in [0.4, 0.5) is 0 Å². The first-order valence-corrected chi connectivity index (χ1v) is 9.90. The number of aryl methyl sites for hydroxylation is 3. The van der Waals surface area contributed by atoms with Gasteiger partial charge in [-0.2, -0.15) is 0 Å². The van der Waals surface area contributed by atoms with Crippen LogP contribution in [0.1, 0.15) is 60.2 Å². The van der Waals surface area contributed by atoms with E-state index in [1.807, 2.05) is 56.4 Å². The molecule has 0 bridgehead atoms. The summed E-state index contributed by atoms with van der Waals surface area (Å²) < 4.78 is 35.2. The van der Waals surface area contributed by atoms with E-state index in [1.54, 1.807) is 0 Å². The Hall–Kier alpha value is -2.41. The zero-order valence-corrected chi connectivity index (χ0v) is 16.3. The first kappa shape index (κ1) is 13.7. The molecule has 1 aromatic heterocycles. The second-order valence-corrected chi connectivity index (χ2v) is 7.66. The van der Waals surface area contributed by atoms with Gasteiger partial charge in [-0.05, 0) is 66.9 Å². The van der Waals surface area contributed by atoms with Gasteiger partial charge < -0.3 is 0 Å². The number of hydrogen-bond acceptors (Lipinski definition) is 0. The molecule has 1 nitrogen and oxygen atoms in total. The van der Waals surface area contributed by atoms with Gasteiger partial charge in [0.1, 0.15) is 7.05 Å². The zero-order chi connectivity index (χ0) is 22.2. The average molecular weight is 361 g/mol. The molecule has 138 valence electrons. The number of rotatable bonds is 3. The largest absolute Gasteiger partial charge is 0.212 e. The maximum atomic E-state index is 8.94. The molecule has 0 amide bonds. The van der Waals surface area contributed by atoms with E-state index in [-0.39, 0.29) is 0 Å². The van der Waals surface area contributed by atoms with Crippen molar-refractivity contribution in [2.45, 2.75) is 51.8 Å². The highest BCUT2D eigenvalue weighted by atomic mass is 14.9. The minimum Gasteiger partial charge on any atom is -0.201 e. The molecule has 0 atom stereocenters. The molecule has 1 fully saturated rings. The molecule has 1 saturated carbocycles. The summed E-state index contributed by atoms with van der Waals surface area (Å²) in [4.78, 5) is 0. The van der Waals surface area contributed by atoms with Crippen LogP contribution in [0.15, 0.2) is 60.8 Å². The summed E-state index contributed by atoms with van der Waals surface area (Å²) in [6, 6.07) is 17.7. The number of hydrogen-bond donors (Lipinski definition) is 0. The lowest BCUT2D eigenvalue weighted by molar-refractivity contribution is -0.660. The Kier molecular flexibility index (Phi) is 3.90. The Labute approximate surface area is 169 Å². The third-order valence-corrected chi connectivity index (χ3v) is 5.72. The molecule has 0 N–H and O–H groups in total. The lowest BCUT2D eigenvalue weighted by Crippen LogP contribution is -2.32. The van der Waals surface area contributed by atoms with Gasteiger partial charge in [-0.15, -0.1) is 0 Å². The predicted octanol–water partition coefficient (Wildman–Crippen LogP) is 6.51. The van der Waals surface area contributed by atoms with Gasteiger partial charge in [-0.25, -0.2) is 4.57 Å². The van der Waals surface area contributed by atoms with Gasteiger partial charge in [-0.3, -0.25) is 0 Å². The van der Waals surface area contributed by atoms with Crippen LogP contribution < -0.4 is 4.57 Å². The van der Waals surface area contributed by atoms with Crippen molar-refractivity contribution in [1.29, 1.82) is 0 Å². The van der Waals surface area contributed by atoms with Crippen molar-refractivity contribution in [3.05, 3.63) is 77.5 Å². The Balaban J connectivity index is 1.83. The fourth-order valence-corrected chi connectivity index (χ4v) is 4.20. The summed E-state index contributed by atoms with van der Waals surface area (Å²) in [6.45, 7) is -0.209. The molecular weight excluding hydrogens is 326 g/mol. The van der Waals surface area contributed by atoms with Gasteiger partial charge in [0, 0.05) is 22.7 Å². The van der Waals surface area contributed by atoms with E-state index in [0.717, 1.165) is 59.2 Å². The third kappa shape index (κ3) is 3.69. The summed E-state index contributed by atoms with van der Waals surface area (Å²) in [5.74, 6) is -0.496. The minimum atomic E-state index is -2.18. The Morgan fingerprint density at radius 3 is 2.41 bits per heavy atom. The fraction of sp³-hybridized carbons (Fsp3) is 0.346. The maximum absolute atomic E-state index is 8.94. The van der Waals surface area contributed by atoms with Gasteiger partial charge in [0.2, 0.25) is 5.69 Å². The van der Waals surface area contributed by atoms with E-state index < -0.39 is 12.7 Å². The van der Waals surface area contributed by atoms with Gasteiger partial charge in [0.15, 0.2) is 6.20 Å². The van der Waals surface area contributed by atoms with Crippen LogP contribution in [0.3, 0.4) is 0 Å². The van der Waals surface area contributed by atoms with E-state index in [0.29, 0.717) is 5.56 Å². The van der Waals surface area contributed by atoms with Crippen LogP contribution in [-0.4, -0.2) is 0 Å². The highest BCUT2D eigenvalue weighted by Gasteiger charge is 2.21. The van der Waals surface area contributed by atoms with Crippen molar-refractivity contribution < 1.29 is 10.1 Å². The average Bonchev–Trinajstić information content (AvgIpc) is 2.74. The monoisotopic (exact) mass is 360 g/mol. The van der Waals surface area contributed by atoms with Crippen molar-refractivity contribution in [3.63, 3.8) is 0 Å². The van der Waals surface area contributed by atoms with Gasteiger partial charge in [-0.1, -0.05) is 55.7 Å². The molecular formula is C26H30N+. The summed E-state index contributed by atoms with van der Waals surface area (Å²) in [5, 5.41) is 0. The molecule has 0 aliphatic heterocycles. The molecule has 0 spiro atoms. The van der Waals surface area contributed by atoms with Crippen LogP contribution in [0, 0.1) is 13.8 Å². The first-order chi connectivity index (χ1) is 14.7. The summed E-state index contributed by atoms with van der Waals surface area (Å²) >= 11 is 0. The minimum absolute atomic E-state index is 0.381. The number of aromatic nitrogens is 1. The SMILES string of the molecule is [2H]C([2H])([2H])c1cc(C)c(-c2ccc(C3([2H])CCCCC3)c[n+]2C)cc1-c1ccccc1. The summed E-state index contributed by atoms with van der Waals surface area (Å²) in [6.07, 6.45) is 7.37. The fourth-order valence-electron chi connectivity index (χ4n) is 4.20. The Morgan fingerprint density at radius 2 is 1.70 bits per heavy atom. The molecule has 0 saturated heterocycles. The summed E-state index contributed by atoms with van der Waals surface area (Å²) in [5.41, 5.74) is 6.08. The normalized spacial score (nSPS) is 18.9. The molecule has 1 heteroatoms. The maximum Gasteiger partial charge on any atom is 0.212 e. The van der Waals surface area contributed by atoms with Crippen molar-refractivity contribution in [1.82, 2.24) is 0 Å². The number of pyridine rings is 1. The van der Waals surface area contributed by atoms with Crippen LogP contribution >= 0.6 is 0 Å². The van der Waals surface area contributed by atoms with Crippen LogP contribution in [0.2, 0.25) is 0 Å². The molecule has 0 radical (unpaired) electrons. The van der Waals surface area contributed by atoms with Crippen LogP contribution in [-0.2, 0) is 7.05 Å². The topological polar surface area (TPSA) is 3.88 Å². The third-order valence-electron chi connectivity index (χ3n) is 5.72. The smallest absolute Gasteiger partial charge is 0.201 e. The Bertz CT molecular complexity index is 1080. The predicted molar refractivity (Wildman–Crippen MR) is 114 cm³/mol. The molecule has 1 heterocycles. The summed E-state index contributed by atoms with van der Waals surface area (Å²) in [7, 11) is 2.02. The number of benzene rings is 2. The molecule has 1 aliphatic carbocycles. The quantitative estimate of drug-likeness (QED) is 0.469. The molecule has 3 aromatic rings. The lowest BCUT2D eigenvalue weighted by Gasteiger charge is -2.21. The molecule has 2 aromatic carbocycles. The van der Waals surface area contributed by atoms with Gasteiger partial charge in [0.05, 0.1) is 0 Å². The first-order valence-electron chi connectivity index (χ1n) is 11.9. The second kappa shape index (κ2) is 7.68. The second-order valence-electron chi connectivity index (χ2n) is 7.66. The Morgan fingerprint density at radius 1 is 0.926 bits per heavy atom. The van der Waals surface area contributed by atoms with E-state index >= 15 is 0 Å². The van der Waals surface area contributed by atoms with E-state index in [4.69, 9.17) is 5.48 Å². The highest BCUT2D eigenvalue weighted by molar-refractivity contribution is 5.75. The molecule has 27 heavy (non-hydrogen) atoms. The van der Waals surface area contributed by atoms with E-state index in [1.165, 1.54) is 6.42 Å². The number of nitrogens with zero attached hydrogens (tertiary/aromatic N) is 1. The zero-order valence-electron chi connectivity index (χ0n) is 20.3. The van der Waals surface area contributed by atoms with Crippen molar-refractivity contribution in [2.24, 2.45) is 7.05 Å².